The standard InChI is InChI=1S/C40H38Cl2N2O4/c1-2-48-40(47)28-21-44(22-28)36-16-12-24-18-26(10-14-30(24)36)32-6-4-8-34(38(32)42)33-7-3-5-31(37(33)41)25-9-13-29-23(17-25)11-15-35(29)43-19-27(20-43)39(45)46/h3-10,13-14,17-18,27-28,35-36H,2,11-12,15-16,19-22H2,1H3,(H,45,46). The van der Waals surface area contributed by atoms with Gasteiger partial charge >= 0.3 is 11.9 Å². The SMILES string of the molecule is CCOC(=O)C1CN(C2CCc3cc(-c4cccc(-c5cccc(-c6ccc7c(c6)CCC7N6CC(C(=O)O)C6)c5Cl)c4Cl)ccc32)C1. The van der Waals surface area contributed by atoms with Crippen molar-refractivity contribution < 1.29 is 19.4 Å². The number of carboxylic acids is 1. The van der Waals surface area contributed by atoms with Gasteiger partial charge < -0.3 is 9.84 Å². The third kappa shape index (κ3) is 5.43. The van der Waals surface area contributed by atoms with E-state index in [2.05, 4.69) is 58.3 Å². The van der Waals surface area contributed by atoms with Crippen molar-refractivity contribution in [2.45, 2.75) is 44.7 Å². The molecule has 2 atom stereocenters. The number of hydrogen-bond acceptors (Lipinski definition) is 5. The van der Waals surface area contributed by atoms with E-state index in [-0.39, 0.29) is 23.8 Å². The molecule has 2 saturated heterocycles. The lowest BCUT2D eigenvalue weighted by molar-refractivity contribution is -0.155. The molecule has 0 bridgehead atoms. The van der Waals surface area contributed by atoms with Crippen LogP contribution in [-0.4, -0.2) is 59.6 Å². The van der Waals surface area contributed by atoms with E-state index in [1.807, 2.05) is 31.2 Å². The lowest BCUT2D eigenvalue weighted by atomic mass is 9.92. The number of esters is 1. The van der Waals surface area contributed by atoms with Gasteiger partial charge in [0.05, 0.1) is 28.5 Å². The first-order valence-corrected chi connectivity index (χ1v) is 17.8. The molecule has 8 heteroatoms. The van der Waals surface area contributed by atoms with E-state index in [1.54, 1.807) is 0 Å². The number of likely N-dealkylation sites (tertiary alicyclic amines) is 2. The van der Waals surface area contributed by atoms with Crippen molar-refractivity contribution >= 4 is 35.1 Å². The monoisotopic (exact) mass is 680 g/mol. The number of aliphatic carboxylic acids is 1. The van der Waals surface area contributed by atoms with Crippen LogP contribution in [0.15, 0.2) is 72.8 Å². The highest BCUT2D eigenvalue weighted by Gasteiger charge is 2.41. The molecular weight excluding hydrogens is 643 g/mol. The van der Waals surface area contributed by atoms with Crippen LogP contribution < -0.4 is 0 Å². The summed E-state index contributed by atoms with van der Waals surface area (Å²) in [5, 5.41) is 10.7. The average molecular weight is 682 g/mol. The molecule has 0 radical (unpaired) electrons. The Morgan fingerprint density at radius 1 is 0.708 bits per heavy atom. The minimum absolute atomic E-state index is 0.0133. The molecule has 0 spiro atoms. The molecule has 2 heterocycles. The van der Waals surface area contributed by atoms with Crippen molar-refractivity contribution in [3.05, 3.63) is 105 Å². The molecule has 0 aromatic heterocycles. The van der Waals surface area contributed by atoms with E-state index in [1.165, 1.54) is 22.3 Å². The molecule has 0 saturated carbocycles. The van der Waals surface area contributed by atoms with Crippen LogP contribution in [0, 0.1) is 11.8 Å². The number of nitrogens with zero attached hydrogens (tertiary/aromatic N) is 2. The lowest BCUT2D eigenvalue weighted by Crippen LogP contribution is -2.51. The Hall–Kier alpha value is -3.68. The fraction of sp³-hybridized carbons (Fsp3) is 0.350. The first-order valence-electron chi connectivity index (χ1n) is 17.0. The summed E-state index contributed by atoms with van der Waals surface area (Å²) in [5.41, 5.74) is 11.2. The maximum absolute atomic E-state index is 12.1. The summed E-state index contributed by atoms with van der Waals surface area (Å²) in [5.74, 6) is -1.04. The van der Waals surface area contributed by atoms with Gasteiger partial charge in [-0.2, -0.15) is 0 Å². The summed E-state index contributed by atoms with van der Waals surface area (Å²) < 4.78 is 5.22. The van der Waals surface area contributed by atoms with Gasteiger partial charge in [-0.15, -0.1) is 0 Å². The second-order valence-electron chi connectivity index (χ2n) is 13.7. The second-order valence-corrected chi connectivity index (χ2v) is 14.4. The van der Waals surface area contributed by atoms with Crippen LogP contribution in [0.3, 0.4) is 0 Å². The zero-order valence-electron chi connectivity index (χ0n) is 26.9. The average Bonchev–Trinajstić information content (AvgIpc) is 3.64. The molecule has 4 aromatic rings. The maximum Gasteiger partial charge on any atom is 0.311 e. The Morgan fingerprint density at radius 3 is 1.62 bits per heavy atom. The van der Waals surface area contributed by atoms with Crippen LogP contribution in [0.1, 0.15) is 54.1 Å². The Balaban J connectivity index is 1.03. The molecule has 4 aliphatic rings. The summed E-state index contributed by atoms with van der Waals surface area (Å²) >= 11 is 14.4. The van der Waals surface area contributed by atoms with Gasteiger partial charge in [0.25, 0.3) is 0 Å². The van der Waals surface area contributed by atoms with E-state index < -0.39 is 5.97 Å². The molecule has 48 heavy (non-hydrogen) atoms. The zero-order chi connectivity index (χ0) is 33.1. The molecular formula is C40H38Cl2N2O4. The maximum atomic E-state index is 12.1. The predicted octanol–water partition coefficient (Wildman–Crippen LogP) is 8.48. The number of carbonyl (C=O) groups excluding carboxylic acids is 1. The van der Waals surface area contributed by atoms with Crippen LogP contribution in [0.4, 0.5) is 0 Å². The Labute approximate surface area is 291 Å². The van der Waals surface area contributed by atoms with Crippen molar-refractivity contribution in [3.8, 4) is 33.4 Å². The number of fused-ring (bicyclic) bond motifs is 2. The summed E-state index contributed by atoms with van der Waals surface area (Å²) in [4.78, 5) is 28.1. The third-order valence-electron chi connectivity index (χ3n) is 11.0. The van der Waals surface area contributed by atoms with Gasteiger partial charge in [-0.3, -0.25) is 19.4 Å². The molecule has 0 amide bonds. The Bertz CT molecular complexity index is 1930. The number of carbonyl (C=O) groups is 2. The van der Waals surface area contributed by atoms with Gasteiger partial charge in [0.2, 0.25) is 0 Å². The van der Waals surface area contributed by atoms with Gasteiger partial charge in [-0.25, -0.2) is 0 Å². The first-order chi connectivity index (χ1) is 23.3. The number of halogens is 2. The fourth-order valence-electron chi connectivity index (χ4n) is 8.31. The number of aryl methyl sites for hydroxylation is 2. The smallest absolute Gasteiger partial charge is 0.311 e. The summed E-state index contributed by atoms with van der Waals surface area (Å²) in [6.45, 7) is 5.06. The molecule has 246 valence electrons. The molecule has 2 fully saturated rings. The summed E-state index contributed by atoms with van der Waals surface area (Å²) in [6, 6.07) is 26.2. The van der Waals surface area contributed by atoms with E-state index in [9.17, 15) is 14.7 Å². The van der Waals surface area contributed by atoms with Crippen molar-refractivity contribution in [2.75, 3.05) is 32.8 Å². The minimum atomic E-state index is -0.698. The van der Waals surface area contributed by atoms with E-state index in [0.29, 0.717) is 35.8 Å². The third-order valence-corrected chi connectivity index (χ3v) is 11.8. The fourth-order valence-corrected chi connectivity index (χ4v) is 8.98. The van der Waals surface area contributed by atoms with Gasteiger partial charge in [0.15, 0.2) is 0 Å². The van der Waals surface area contributed by atoms with Crippen LogP contribution in [-0.2, 0) is 27.2 Å². The van der Waals surface area contributed by atoms with Gasteiger partial charge in [0.1, 0.15) is 0 Å². The van der Waals surface area contributed by atoms with Gasteiger partial charge in [0, 0.05) is 60.5 Å². The number of ether oxygens (including phenoxy) is 1. The summed E-state index contributed by atoms with van der Waals surface area (Å²) in [7, 11) is 0. The molecule has 4 aromatic carbocycles. The minimum Gasteiger partial charge on any atom is -0.481 e. The summed E-state index contributed by atoms with van der Waals surface area (Å²) in [6.07, 6.45) is 4.04. The largest absolute Gasteiger partial charge is 0.481 e. The van der Waals surface area contributed by atoms with E-state index >= 15 is 0 Å². The van der Waals surface area contributed by atoms with E-state index in [0.717, 1.165) is 72.2 Å². The Morgan fingerprint density at radius 2 is 1.17 bits per heavy atom. The highest BCUT2D eigenvalue weighted by molar-refractivity contribution is 6.39. The van der Waals surface area contributed by atoms with Crippen LogP contribution in [0.2, 0.25) is 10.0 Å². The number of rotatable bonds is 8. The predicted molar refractivity (Wildman–Crippen MR) is 189 cm³/mol. The first kappa shape index (κ1) is 31.6. The molecule has 6 nitrogen and oxygen atoms in total. The van der Waals surface area contributed by atoms with E-state index in [4.69, 9.17) is 27.9 Å². The van der Waals surface area contributed by atoms with Gasteiger partial charge in [-0.1, -0.05) is 96.0 Å². The Kier molecular flexibility index (Phi) is 8.32. The lowest BCUT2D eigenvalue weighted by Gasteiger charge is -2.42. The highest BCUT2D eigenvalue weighted by Crippen LogP contribution is 2.46. The van der Waals surface area contributed by atoms with Crippen molar-refractivity contribution in [1.82, 2.24) is 9.80 Å². The topological polar surface area (TPSA) is 70.1 Å². The molecule has 2 aliphatic carbocycles. The second kappa shape index (κ2) is 12.6. The van der Waals surface area contributed by atoms with Crippen molar-refractivity contribution in [3.63, 3.8) is 0 Å². The quantitative estimate of drug-likeness (QED) is 0.188. The van der Waals surface area contributed by atoms with Crippen LogP contribution >= 0.6 is 23.2 Å². The zero-order valence-corrected chi connectivity index (χ0v) is 28.4. The van der Waals surface area contributed by atoms with Crippen LogP contribution in [0.5, 0.6) is 0 Å². The van der Waals surface area contributed by atoms with Crippen molar-refractivity contribution in [1.29, 1.82) is 0 Å². The normalized spacial score (nSPS) is 21.0. The van der Waals surface area contributed by atoms with Gasteiger partial charge in [-0.05, 0) is 66.0 Å². The number of benzene rings is 4. The molecule has 2 aliphatic heterocycles. The number of hydrogen-bond donors (Lipinski definition) is 1. The molecule has 8 rings (SSSR count). The van der Waals surface area contributed by atoms with Crippen molar-refractivity contribution in [2.24, 2.45) is 11.8 Å². The molecule has 2 unspecified atom stereocenters. The van der Waals surface area contributed by atoms with Crippen LogP contribution in [0.25, 0.3) is 33.4 Å². The highest BCUT2D eigenvalue weighted by atomic mass is 35.5. The molecule has 1 N–H and O–H groups in total. The number of carboxylic acid groups (broad SMARTS) is 1.